The van der Waals surface area contributed by atoms with Gasteiger partial charge in [-0.05, 0) is 61.4 Å². The van der Waals surface area contributed by atoms with E-state index in [9.17, 15) is 8.42 Å². The molecule has 0 saturated carbocycles. The number of rotatable bonds is 6. The molecule has 0 fully saturated rings. The van der Waals surface area contributed by atoms with Crippen LogP contribution in [0.3, 0.4) is 0 Å². The fourth-order valence-corrected chi connectivity index (χ4v) is 6.13. The molecule has 3 aromatic carbocycles. The van der Waals surface area contributed by atoms with E-state index >= 15 is 0 Å². The summed E-state index contributed by atoms with van der Waals surface area (Å²) in [6, 6.07) is 21.4. The number of aromatic amines is 1. The number of nitrogen functional groups attached to an aromatic ring is 1. The summed E-state index contributed by atoms with van der Waals surface area (Å²) >= 11 is 0. The molecule has 1 aliphatic heterocycles. The minimum atomic E-state index is -3.87. The summed E-state index contributed by atoms with van der Waals surface area (Å²) in [4.78, 5) is 8.65. The van der Waals surface area contributed by atoms with E-state index < -0.39 is 10.0 Å². The van der Waals surface area contributed by atoms with Crippen molar-refractivity contribution >= 4 is 38.5 Å². The summed E-state index contributed by atoms with van der Waals surface area (Å²) in [5.41, 5.74) is 9.08. The summed E-state index contributed by atoms with van der Waals surface area (Å²) in [7, 11) is -3.87. The van der Waals surface area contributed by atoms with Crippen LogP contribution in [0.25, 0.3) is 11.0 Å². The molecule has 6 rings (SSSR count). The Morgan fingerprint density at radius 2 is 1.71 bits per heavy atom. The number of anilines is 3. The number of nitrogens with zero attached hydrogens (tertiary/aromatic N) is 4. The first-order chi connectivity index (χ1) is 18.4. The smallest absolute Gasteiger partial charge is 0.264 e. The molecule has 5 aromatic rings. The number of nitrogens with one attached hydrogen (secondary N) is 2. The lowest BCUT2D eigenvalue weighted by Crippen LogP contribution is -2.45. The van der Waals surface area contributed by atoms with Gasteiger partial charge in [-0.15, -0.1) is 0 Å². The third kappa shape index (κ3) is 4.48. The highest BCUT2D eigenvalue weighted by atomic mass is 32.2. The molecule has 192 valence electrons. The summed E-state index contributed by atoms with van der Waals surface area (Å²) in [6.45, 7) is 2.20. The van der Waals surface area contributed by atoms with Crippen molar-refractivity contribution < 1.29 is 13.2 Å². The van der Waals surface area contributed by atoms with E-state index in [2.05, 4.69) is 25.5 Å². The van der Waals surface area contributed by atoms with Crippen LogP contribution in [0.2, 0.25) is 0 Å². The lowest BCUT2D eigenvalue weighted by Gasteiger charge is -2.35. The number of benzene rings is 3. The molecule has 1 atom stereocenters. The van der Waals surface area contributed by atoms with E-state index in [1.807, 2.05) is 55.5 Å². The number of aromatic nitrogens is 4. The van der Waals surface area contributed by atoms with Crippen LogP contribution in [-0.4, -0.2) is 41.2 Å². The van der Waals surface area contributed by atoms with Crippen LogP contribution < -0.4 is 20.1 Å². The molecule has 4 N–H and O–H groups in total. The highest BCUT2D eigenvalue weighted by Crippen LogP contribution is 2.34. The van der Waals surface area contributed by atoms with Gasteiger partial charge in [0, 0.05) is 0 Å². The Balaban J connectivity index is 1.29. The summed E-state index contributed by atoms with van der Waals surface area (Å²) in [5.74, 6) is 1.83. The molecule has 38 heavy (non-hydrogen) atoms. The minimum Gasteiger partial charge on any atom is -0.457 e. The first-order valence-electron chi connectivity index (χ1n) is 12.1. The Labute approximate surface area is 219 Å². The second-order valence-electron chi connectivity index (χ2n) is 9.16. The van der Waals surface area contributed by atoms with Crippen molar-refractivity contribution in [2.24, 2.45) is 0 Å². The molecular weight excluding hydrogens is 502 g/mol. The normalized spacial score (nSPS) is 15.3. The van der Waals surface area contributed by atoms with Crippen molar-refractivity contribution in [1.29, 1.82) is 0 Å². The quantitative estimate of drug-likeness (QED) is 0.298. The molecule has 0 spiro atoms. The SMILES string of the molecule is Cc1ccc(Oc2ccc(S(=O)(=O)N3CC(Nc4nc(N)nc5[nH]ncc45)Cc4ccccc43)cc2)cc1. The van der Waals surface area contributed by atoms with Crippen molar-refractivity contribution in [3.05, 3.63) is 90.1 Å². The Kier molecular flexibility index (Phi) is 5.84. The molecule has 1 unspecified atom stereocenters. The fraction of sp³-hybridized carbons (Fsp3) is 0.148. The van der Waals surface area contributed by atoms with Crippen molar-refractivity contribution in [1.82, 2.24) is 20.2 Å². The summed E-state index contributed by atoms with van der Waals surface area (Å²) < 4.78 is 35.1. The average molecular weight is 528 g/mol. The van der Waals surface area contributed by atoms with Gasteiger partial charge in [-0.2, -0.15) is 15.1 Å². The van der Waals surface area contributed by atoms with E-state index in [0.717, 1.165) is 11.1 Å². The average Bonchev–Trinajstić information content (AvgIpc) is 3.39. The third-order valence-electron chi connectivity index (χ3n) is 6.45. The number of H-pyrrole nitrogens is 1. The van der Waals surface area contributed by atoms with E-state index in [1.54, 1.807) is 30.5 Å². The van der Waals surface area contributed by atoms with Gasteiger partial charge < -0.3 is 15.8 Å². The number of nitrogens with two attached hydrogens (primary N) is 1. The predicted molar refractivity (Wildman–Crippen MR) is 146 cm³/mol. The van der Waals surface area contributed by atoms with Gasteiger partial charge in [0.2, 0.25) is 5.95 Å². The molecule has 1 aliphatic rings. The topological polar surface area (TPSA) is 139 Å². The first-order valence-corrected chi connectivity index (χ1v) is 13.5. The second kappa shape index (κ2) is 9.34. The number of hydrogen-bond acceptors (Lipinski definition) is 8. The molecule has 10 nitrogen and oxygen atoms in total. The lowest BCUT2D eigenvalue weighted by molar-refractivity contribution is 0.482. The zero-order valence-corrected chi connectivity index (χ0v) is 21.3. The van der Waals surface area contributed by atoms with E-state index in [-0.39, 0.29) is 23.4 Å². The highest BCUT2D eigenvalue weighted by molar-refractivity contribution is 7.92. The van der Waals surface area contributed by atoms with Gasteiger partial charge in [0.1, 0.15) is 17.3 Å². The van der Waals surface area contributed by atoms with Gasteiger partial charge >= 0.3 is 0 Å². The largest absolute Gasteiger partial charge is 0.457 e. The molecule has 0 radical (unpaired) electrons. The van der Waals surface area contributed by atoms with Crippen molar-refractivity contribution in [3.63, 3.8) is 0 Å². The number of hydrogen-bond donors (Lipinski definition) is 3. The van der Waals surface area contributed by atoms with Crippen LogP contribution in [0.1, 0.15) is 11.1 Å². The maximum atomic E-state index is 13.9. The number of sulfonamides is 1. The van der Waals surface area contributed by atoms with Crippen molar-refractivity contribution in [2.75, 3.05) is 21.9 Å². The maximum Gasteiger partial charge on any atom is 0.264 e. The standard InChI is InChI=1S/C27H25N7O3S/c1-17-6-8-20(9-7-17)37-21-10-12-22(13-11-21)38(35,36)34-16-19(14-18-4-2-3-5-24(18)34)30-25-23-15-29-33-26(23)32-27(28)31-25/h2-13,15,19H,14,16H2,1H3,(H4,28,29,30,31,32,33). The van der Waals surface area contributed by atoms with Gasteiger partial charge in [0.05, 0.1) is 34.8 Å². The van der Waals surface area contributed by atoms with Crippen LogP contribution in [0.4, 0.5) is 17.5 Å². The van der Waals surface area contributed by atoms with Crippen molar-refractivity contribution in [3.8, 4) is 11.5 Å². The first kappa shape index (κ1) is 23.7. The molecule has 0 saturated heterocycles. The third-order valence-corrected chi connectivity index (χ3v) is 8.24. The fourth-order valence-electron chi connectivity index (χ4n) is 4.58. The molecule has 11 heteroatoms. The van der Waals surface area contributed by atoms with Crippen molar-refractivity contribution in [2.45, 2.75) is 24.3 Å². The molecular formula is C27H25N7O3S. The van der Waals surface area contributed by atoms with Crippen LogP contribution >= 0.6 is 0 Å². The van der Waals surface area contributed by atoms with E-state index in [4.69, 9.17) is 10.5 Å². The molecule has 0 amide bonds. The van der Waals surface area contributed by atoms with Gasteiger partial charge in [-0.25, -0.2) is 8.42 Å². The zero-order valence-electron chi connectivity index (χ0n) is 20.5. The number of aryl methyl sites for hydroxylation is 1. The van der Waals surface area contributed by atoms with Crippen LogP contribution in [0, 0.1) is 6.92 Å². The highest BCUT2D eigenvalue weighted by Gasteiger charge is 2.33. The number of para-hydroxylation sites is 1. The Bertz CT molecular complexity index is 1720. The maximum absolute atomic E-state index is 13.9. The molecule has 3 heterocycles. The van der Waals surface area contributed by atoms with Crippen LogP contribution in [0.15, 0.2) is 83.9 Å². The number of ether oxygens (including phenoxy) is 1. The minimum absolute atomic E-state index is 0.0953. The van der Waals surface area contributed by atoms with Crippen LogP contribution in [0.5, 0.6) is 11.5 Å². The van der Waals surface area contributed by atoms with E-state index in [1.165, 1.54) is 4.31 Å². The molecule has 2 aromatic heterocycles. The monoisotopic (exact) mass is 527 g/mol. The van der Waals surface area contributed by atoms with Gasteiger partial charge in [0.15, 0.2) is 5.65 Å². The molecule has 0 bridgehead atoms. The van der Waals surface area contributed by atoms with Crippen LogP contribution in [-0.2, 0) is 16.4 Å². The van der Waals surface area contributed by atoms with Gasteiger partial charge in [-0.1, -0.05) is 35.9 Å². The number of fused-ring (bicyclic) bond motifs is 2. The Hall–Kier alpha value is -4.64. The Morgan fingerprint density at radius 3 is 2.47 bits per heavy atom. The summed E-state index contributed by atoms with van der Waals surface area (Å²) in [6.07, 6.45) is 2.22. The predicted octanol–water partition coefficient (Wildman–Crippen LogP) is 4.27. The molecule has 0 aliphatic carbocycles. The lowest BCUT2D eigenvalue weighted by atomic mass is 9.99. The van der Waals surface area contributed by atoms with E-state index in [0.29, 0.717) is 40.5 Å². The van der Waals surface area contributed by atoms with Gasteiger partial charge in [-0.3, -0.25) is 9.40 Å². The second-order valence-corrected chi connectivity index (χ2v) is 11.0. The van der Waals surface area contributed by atoms with Gasteiger partial charge in [0.25, 0.3) is 10.0 Å². The zero-order chi connectivity index (χ0) is 26.3. The Morgan fingerprint density at radius 1 is 1.00 bits per heavy atom. The summed E-state index contributed by atoms with van der Waals surface area (Å²) in [5, 5.41) is 10.9.